The van der Waals surface area contributed by atoms with Gasteiger partial charge in [-0.2, -0.15) is 0 Å². The second kappa shape index (κ2) is 5.63. The summed E-state index contributed by atoms with van der Waals surface area (Å²) < 4.78 is 0. The Bertz CT molecular complexity index is 640. The van der Waals surface area contributed by atoms with Crippen molar-refractivity contribution in [2.24, 2.45) is 0 Å². The fraction of sp³-hybridized carbons (Fsp3) is 0.250. The molecule has 2 aromatic rings. The summed E-state index contributed by atoms with van der Waals surface area (Å²) in [6.45, 7) is 0.706. The molecule has 1 amide bonds. The van der Waals surface area contributed by atoms with Crippen molar-refractivity contribution >= 4 is 40.9 Å². The van der Waals surface area contributed by atoms with Gasteiger partial charge < -0.3 is 5.32 Å². The lowest BCUT2D eigenvalue weighted by Gasteiger charge is -2.01. The Labute approximate surface area is 129 Å². The van der Waals surface area contributed by atoms with Crippen LogP contribution in [0.5, 0.6) is 0 Å². The number of H-pyrrole nitrogens is 1. The number of halogens is 2. The lowest BCUT2D eigenvalue weighted by molar-refractivity contribution is -0.118. The summed E-state index contributed by atoms with van der Waals surface area (Å²) in [5.41, 5.74) is 0.762. The largest absolute Gasteiger partial charge is 0.355 e. The van der Waals surface area contributed by atoms with Gasteiger partial charge in [-0.05, 0) is 24.6 Å². The molecular weight excluding hydrogens is 319 g/mol. The van der Waals surface area contributed by atoms with Crippen LogP contribution < -0.4 is 5.32 Å². The van der Waals surface area contributed by atoms with Gasteiger partial charge in [0.05, 0.1) is 5.25 Å². The van der Waals surface area contributed by atoms with E-state index in [9.17, 15) is 4.79 Å². The summed E-state index contributed by atoms with van der Waals surface area (Å²) in [7, 11) is 0. The molecular formula is C12H10Cl2N4OS. The SMILES string of the molecule is O=C1NCCC1Sc1n[nH]c(-c2cc(Cl)cc(Cl)c2)n1. The van der Waals surface area contributed by atoms with Crippen LogP contribution >= 0.6 is 35.0 Å². The Kier molecular flexibility index (Phi) is 3.87. The number of rotatable bonds is 3. The normalized spacial score (nSPS) is 18.3. The summed E-state index contributed by atoms with van der Waals surface area (Å²) in [5, 5.41) is 11.2. The minimum atomic E-state index is -0.124. The number of nitrogens with zero attached hydrogens (tertiary/aromatic N) is 2. The summed E-state index contributed by atoms with van der Waals surface area (Å²) in [5.74, 6) is 0.613. The molecule has 8 heteroatoms. The van der Waals surface area contributed by atoms with Crippen molar-refractivity contribution in [3.05, 3.63) is 28.2 Å². The van der Waals surface area contributed by atoms with Crippen LogP contribution in [-0.2, 0) is 4.79 Å². The first-order valence-corrected chi connectivity index (χ1v) is 7.58. The highest BCUT2D eigenvalue weighted by Gasteiger charge is 2.26. The van der Waals surface area contributed by atoms with Crippen molar-refractivity contribution in [2.45, 2.75) is 16.8 Å². The average molecular weight is 329 g/mol. The Morgan fingerprint density at radius 1 is 1.25 bits per heavy atom. The van der Waals surface area contributed by atoms with Crippen molar-refractivity contribution in [3.63, 3.8) is 0 Å². The van der Waals surface area contributed by atoms with E-state index in [1.54, 1.807) is 18.2 Å². The summed E-state index contributed by atoms with van der Waals surface area (Å²) >= 11 is 13.3. The maximum atomic E-state index is 11.5. The smallest absolute Gasteiger partial charge is 0.233 e. The number of carbonyl (C=O) groups excluding carboxylic acids is 1. The summed E-state index contributed by atoms with van der Waals surface area (Å²) in [4.78, 5) is 15.9. The first-order valence-electron chi connectivity index (χ1n) is 5.95. The molecule has 1 atom stereocenters. The summed E-state index contributed by atoms with van der Waals surface area (Å²) in [6.07, 6.45) is 0.788. The van der Waals surface area contributed by atoms with E-state index >= 15 is 0 Å². The van der Waals surface area contributed by atoms with Crippen LogP contribution in [0.1, 0.15) is 6.42 Å². The van der Waals surface area contributed by atoms with Gasteiger partial charge in [0.1, 0.15) is 0 Å². The molecule has 0 radical (unpaired) electrons. The predicted molar refractivity (Wildman–Crippen MR) is 79.1 cm³/mol. The molecule has 0 aliphatic carbocycles. The molecule has 0 spiro atoms. The fourth-order valence-electron chi connectivity index (χ4n) is 1.93. The maximum absolute atomic E-state index is 11.5. The van der Waals surface area contributed by atoms with Crippen molar-refractivity contribution in [3.8, 4) is 11.4 Å². The highest BCUT2D eigenvalue weighted by molar-refractivity contribution is 8.00. The van der Waals surface area contributed by atoms with Crippen LogP contribution in [0.25, 0.3) is 11.4 Å². The van der Waals surface area contributed by atoms with E-state index in [2.05, 4.69) is 20.5 Å². The van der Waals surface area contributed by atoms with Crippen LogP contribution in [0.4, 0.5) is 0 Å². The Balaban J connectivity index is 1.81. The van der Waals surface area contributed by atoms with Gasteiger partial charge in [-0.15, -0.1) is 5.10 Å². The number of benzene rings is 1. The number of amides is 1. The molecule has 1 aromatic carbocycles. The molecule has 1 saturated heterocycles. The van der Waals surface area contributed by atoms with E-state index in [1.165, 1.54) is 11.8 Å². The third-order valence-corrected chi connectivity index (χ3v) is 4.41. The van der Waals surface area contributed by atoms with Crippen molar-refractivity contribution < 1.29 is 4.79 Å². The van der Waals surface area contributed by atoms with Gasteiger partial charge in [0.25, 0.3) is 0 Å². The number of aromatic nitrogens is 3. The van der Waals surface area contributed by atoms with Gasteiger partial charge in [-0.25, -0.2) is 4.98 Å². The lowest BCUT2D eigenvalue weighted by Crippen LogP contribution is -2.20. The lowest BCUT2D eigenvalue weighted by atomic mass is 10.2. The molecule has 1 unspecified atom stereocenters. The number of nitrogens with one attached hydrogen (secondary N) is 2. The number of thioether (sulfide) groups is 1. The molecule has 2 heterocycles. The van der Waals surface area contributed by atoms with Crippen LogP contribution in [0, 0.1) is 0 Å². The molecule has 3 rings (SSSR count). The minimum absolute atomic E-state index is 0.0344. The van der Waals surface area contributed by atoms with E-state index < -0.39 is 0 Å². The van der Waals surface area contributed by atoms with Gasteiger partial charge in [-0.1, -0.05) is 35.0 Å². The number of carbonyl (C=O) groups is 1. The van der Waals surface area contributed by atoms with Crippen LogP contribution in [-0.4, -0.2) is 32.9 Å². The number of hydrogen-bond acceptors (Lipinski definition) is 4. The Hall–Kier alpha value is -1.24. The van der Waals surface area contributed by atoms with Gasteiger partial charge in [0.2, 0.25) is 11.1 Å². The average Bonchev–Trinajstić information content (AvgIpc) is 2.99. The maximum Gasteiger partial charge on any atom is 0.233 e. The molecule has 0 saturated carbocycles. The number of hydrogen-bond donors (Lipinski definition) is 2. The summed E-state index contributed by atoms with van der Waals surface area (Å²) in [6, 6.07) is 5.16. The topological polar surface area (TPSA) is 70.7 Å². The monoisotopic (exact) mass is 328 g/mol. The van der Waals surface area contributed by atoms with Crippen LogP contribution in [0.2, 0.25) is 10.0 Å². The second-order valence-electron chi connectivity index (χ2n) is 4.31. The Morgan fingerprint density at radius 2 is 2.00 bits per heavy atom. The molecule has 1 fully saturated rings. The van der Waals surface area contributed by atoms with Crippen molar-refractivity contribution in [1.82, 2.24) is 20.5 Å². The van der Waals surface area contributed by atoms with Crippen molar-refractivity contribution in [1.29, 1.82) is 0 Å². The molecule has 104 valence electrons. The van der Waals surface area contributed by atoms with Crippen LogP contribution in [0.3, 0.4) is 0 Å². The molecule has 1 aliphatic heterocycles. The zero-order chi connectivity index (χ0) is 14.1. The quantitative estimate of drug-likeness (QED) is 0.908. The van der Waals surface area contributed by atoms with Gasteiger partial charge >= 0.3 is 0 Å². The predicted octanol–water partition coefficient (Wildman–Crippen LogP) is 2.76. The highest BCUT2D eigenvalue weighted by Crippen LogP contribution is 2.28. The van der Waals surface area contributed by atoms with Gasteiger partial charge in [-0.3, -0.25) is 9.89 Å². The fourth-order valence-corrected chi connectivity index (χ4v) is 3.38. The van der Waals surface area contributed by atoms with Gasteiger partial charge in [0, 0.05) is 22.2 Å². The second-order valence-corrected chi connectivity index (χ2v) is 6.35. The van der Waals surface area contributed by atoms with Gasteiger partial charge in [0.15, 0.2) is 5.82 Å². The van der Waals surface area contributed by atoms with E-state index in [4.69, 9.17) is 23.2 Å². The first-order chi connectivity index (χ1) is 9.61. The zero-order valence-corrected chi connectivity index (χ0v) is 12.5. The first kappa shape index (κ1) is 13.7. The molecule has 0 bridgehead atoms. The molecule has 2 N–H and O–H groups in total. The minimum Gasteiger partial charge on any atom is -0.355 e. The molecule has 1 aliphatic rings. The third kappa shape index (κ3) is 2.92. The van der Waals surface area contributed by atoms with Crippen molar-refractivity contribution in [2.75, 3.05) is 6.54 Å². The van der Waals surface area contributed by atoms with E-state index in [-0.39, 0.29) is 11.2 Å². The third-order valence-electron chi connectivity index (χ3n) is 2.85. The van der Waals surface area contributed by atoms with Crippen LogP contribution in [0.15, 0.2) is 23.4 Å². The Morgan fingerprint density at radius 3 is 2.65 bits per heavy atom. The highest BCUT2D eigenvalue weighted by atomic mass is 35.5. The van der Waals surface area contributed by atoms with E-state index in [1.807, 2.05) is 0 Å². The van der Waals surface area contributed by atoms with E-state index in [0.717, 1.165) is 12.0 Å². The molecule has 20 heavy (non-hydrogen) atoms. The molecule has 1 aromatic heterocycles. The number of aromatic amines is 1. The van der Waals surface area contributed by atoms with E-state index in [0.29, 0.717) is 27.6 Å². The molecule has 5 nitrogen and oxygen atoms in total. The zero-order valence-electron chi connectivity index (χ0n) is 10.2. The standard InChI is InChI=1S/C12H10Cl2N4OS/c13-7-3-6(4-8(14)5-7)10-16-12(18-17-10)20-9-1-2-15-11(9)19/h3-5,9H,1-2H2,(H,15,19)(H,16,17,18).